The number of nitrogens with zero attached hydrogens (tertiary/aromatic N) is 2. The number of aromatic nitrogens is 2. The molecule has 2 heterocycles. The van der Waals surface area contributed by atoms with E-state index in [2.05, 4.69) is 4.98 Å². The first-order valence-corrected chi connectivity index (χ1v) is 38.6. The van der Waals surface area contributed by atoms with Crippen molar-refractivity contribution < 1.29 is 161 Å². The number of nitrogen functional groups attached to an aromatic ring is 1. The molecule has 110 heavy (non-hydrogen) atoms. The van der Waals surface area contributed by atoms with Crippen molar-refractivity contribution in [2.75, 3.05) is 32.2 Å². The van der Waals surface area contributed by atoms with Gasteiger partial charge in [-0.05, 0) is 176 Å². The molecule has 0 aromatic carbocycles. The largest absolute Gasteiger partial charge is 1.00 e. The Balaban J connectivity index is 0.000000167. The summed E-state index contributed by atoms with van der Waals surface area (Å²) in [6.45, 7) is 14.4. The van der Waals surface area contributed by atoms with Crippen LogP contribution in [0.2, 0.25) is 0 Å². The van der Waals surface area contributed by atoms with Gasteiger partial charge in [-0.25, -0.2) is 18.0 Å². The smallest absolute Gasteiger partial charge is 0.756 e. The van der Waals surface area contributed by atoms with E-state index in [1.165, 1.54) is 55.6 Å². The average molecular weight is 1580 g/mol. The molecule has 0 bridgehead atoms. The van der Waals surface area contributed by atoms with Gasteiger partial charge in [-0.3, -0.25) is 42.7 Å². The van der Waals surface area contributed by atoms with Crippen molar-refractivity contribution in [1.82, 2.24) is 9.55 Å². The number of nitrogens with two attached hydrogens (primary N) is 1. The Morgan fingerprint density at radius 1 is 0.591 bits per heavy atom. The van der Waals surface area contributed by atoms with E-state index in [9.17, 15) is 89.4 Å². The number of rotatable bonds is 9. The normalized spacial score (nSPS) is 46.0. The van der Waals surface area contributed by atoms with Crippen LogP contribution < -0.4 is 45.9 Å². The third kappa shape index (κ3) is 13.2. The van der Waals surface area contributed by atoms with Gasteiger partial charge in [0.05, 0.1) is 24.9 Å². The summed E-state index contributed by atoms with van der Waals surface area (Å²) < 4.78 is 70.6. The molecule has 1 saturated heterocycles. The number of halogens is 3. The molecule has 12 aliphatic carbocycles. The van der Waals surface area contributed by atoms with E-state index < -0.39 is 208 Å². The van der Waals surface area contributed by atoms with Crippen LogP contribution in [0, 0.1) is 85.8 Å². The van der Waals surface area contributed by atoms with Crippen molar-refractivity contribution in [3.05, 3.63) is 94.2 Å². The Morgan fingerprint density at radius 2 is 0.909 bits per heavy atom. The number of ether oxygens (including phenoxy) is 2. The van der Waals surface area contributed by atoms with E-state index in [1.54, 1.807) is 80.5 Å². The molecule has 1 unspecified atom stereocenters. The fraction of sp³-hybridized carbons (Fsp3) is 0.701. The van der Waals surface area contributed by atoms with Crippen LogP contribution in [0.5, 0.6) is 0 Å². The van der Waals surface area contributed by atoms with Gasteiger partial charge in [0.25, 0.3) is 7.82 Å². The number of hydrogen-bond acceptors (Lipinski definition) is 25. The zero-order valence-corrected chi connectivity index (χ0v) is 66.6. The molecule has 0 radical (unpaired) electrons. The van der Waals surface area contributed by atoms with Gasteiger partial charge in [0.15, 0.2) is 58.8 Å². The molecule has 9 saturated carbocycles. The van der Waals surface area contributed by atoms with E-state index in [1.807, 2.05) is 0 Å². The monoisotopic (exact) mass is 1580 g/mol. The van der Waals surface area contributed by atoms with Crippen molar-refractivity contribution in [3.63, 3.8) is 0 Å². The Kier molecular flexibility index (Phi) is 24.7. The van der Waals surface area contributed by atoms with Crippen molar-refractivity contribution in [1.29, 1.82) is 0 Å². The molecule has 0 amide bonds. The predicted molar refractivity (Wildman–Crippen MR) is 377 cm³/mol. The van der Waals surface area contributed by atoms with Crippen LogP contribution in [-0.2, 0) is 47.6 Å². The predicted octanol–water partition coefficient (Wildman–Crippen LogP) is -0.862. The summed E-state index contributed by atoms with van der Waals surface area (Å²) in [4.78, 5) is 123. The molecule has 28 atom stereocenters. The summed E-state index contributed by atoms with van der Waals surface area (Å²) in [5.74, 6) is -6.99. The molecule has 15 N–H and O–H groups in total. The van der Waals surface area contributed by atoms with Crippen LogP contribution in [-0.4, -0.2) is 213 Å². The fourth-order valence-electron chi connectivity index (χ4n) is 23.7. The van der Waals surface area contributed by atoms with Crippen molar-refractivity contribution in [3.8, 4) is 0 Å². The van der Waals surface area contributed by atoms with E-state index >= 15 is 13.2 Å². The number of aliphatic hydroxyl groups excluding tert-OH is 8. The molecule has 14 rings (SSSR count). The third-order valence-corrected chi connectivity index (χ3v) is 29.3. The molecule has 33 heteroatoms. The Labute approximate surface area is 656 Å². The standard InChI is InChI=1S/C24H31FO6.2C22H29FO5.C9H13N3O5.Na.H3O4P/c1-13-9-18-17-6-5-15-10-16(27)7-8-21(15,3)23(17,25)19(28)11-22(18,4)24(13,30)20(29)12-31-14(2)26;2*1-12-8-16-15-5-4-13-9-14(25)6-7-19(13,2)21(15,23)17(26)10-20(16,3)22(12,28)18(27)11-24;10-5-1-2-12(9(16)11-5)8-7(15)6(14)4(3-13)17-8;;1-5(2,3)4/h7-8,10,13,17-19,28,30H,5-6,9,11-12H2,1-4H3;2*6-7,9,12,15-17,24,26,28H,4-5,8,10-11H2,1-3H3;1-2,4,6-8,13-15H,3H2,(H2,10,11,16);;(H3,1,2,3,4)/q;;;;+1;/p-1/t13-,17+,18+,19?,21+,22+,23+,24+;2*12-,15+,16+,17+,19+,20+,21+,22+;4-,6-,7+,8-;;/m1111../s1. The van der Waals surface area contributed by atoms with Gasteiger partial charge in [-0.1, -0.05) is 76.5 Å². The first-order chi connectivity index (χ1) is 50.3. The number of aliphatic hydroxyl groups is 11. The van der Waals surface area contributed by atoms with Crippen LogP contribution in [0.3, 0.4) is 0 Å². The third-order valence-electron chi connectivity index (χ3n) is 29.3. The minimum Gasteiger partial charge on any atom is -0.756 e. The summed E-state index contributed by atoms with van der Waals surface area (Å²) in [5.41, 5.74) is -11.0. The van der Waals surface area contributed by atoms with Crippen LogP contribution >= 0.6 is 7.82 Å². The number of fused-ring (bicyclic) bond motifs is 15. The van der Waals surface area contributed by atoms with Crippen LogP contribution in [0.25, 0.3) is 0 Å². The first-order valence-electron chi connectivity index (χ1n) is 37.1. The maximum Gasteiger partial charge on any atom is 1.00 e. The number of carbonyl (C=O) groups is 7. The molecule has 28 nitrogen and oxygen atoms in total. The van der Waals surface area contributed by atoms with Gasteiger partial charge in [0.2, 0.25) is 5.78 Å². The number of hydrogen-bond donors (Lipinski definition) is 14. The van der Waals surface area contributed by atoms with Gasteiger partial charge in [-0.2, -0.15) is 4.98 Å². The Hall–Kier alpha value is -4.97. The Bertz CT molecular complexity index is 4030. The van der Waals surface area contributed by atoms with Gasteiger partial charge in [0, 0.05) is 63.4 Å². The van der Waals surface area contributed by atoms with E-state index in [-0.39, 0.29) is 89.7 Å². The first kappa shape index (κ1) is 89.0. The van der Waals surface area contributed by atoms with Crippen LogP contribution in [0.15, 0.2) is 88.5 Å². The van der Waals surface area contributed by atoms with Crippen molar-refractivity contribution in [2.45, 2.75) is 223 Å². The molecular weight excluding hydrogens is 1480 g/mol. The fourth-order valence-corrected chi connectivity index (χ4v) is 23.7. The summed E-state index contributed by atoms with van der Waals surface area (Å²) in [6.07, 6.45) is 9.90. The quantitative estimate of drug-likeness (QED) is 0.0812. The molecule has 10 fully saturated rings. The van der Waals surface area contributed by atoms with E-state index in [4.69, 9.17) is 39.6 Å². The van der Waals surface area contributed by atoms with Crippen molar-refractivity contribution in [2.24, 2.45) is 85.8 Å². The summed E-state index contributed by atoms with van der Waals surface area (Å²) in [5, 5.41) is 115. The van der Waals surface area contributed by atoms with Gasteiger partial charge >= 0.3 is 41.2 Å². The SMILES string of the molecule is CC(=O)OCC(=O)[C@@]1(O)[C@H](C)C[C@H]2[C@@H]3CCC4=CC(=O)C=C[C@]4(C)[C@@]3(F)C(O)C[C@@]21C.C[C@@H]1C[C@H]2[C@@H]3CCC4=CC(=O)C=C[C@]4(C)[C@@]3(F)[C@@H](O)C[C@]2(C)[C@@]1(O)C(=O)CO.C[C@@H]1C[C@H]2[C@@H]3CCC4=CC(=O)C=C[C@]4(C)[C@@]3(F)[C@@H](O)C[C@]2(C)[C@@]1(O)C(=O)CO.Nc1ccn([C@@H]2O[C@H](CO)[C@@H](O)[C@@H]2O)c(=O)n1.O=P([O-])(O)O.[Na+]. The minimum atomic E-state index is -4.89. The molecule has 1 aliphatic heterocycles. The summed E-state index contributed by atoms with van der Waals surface area (Å²) in [7, 11) is -4.89. The number of alkyl halides is 3. The minimum absolute atomic E-state index is 0. The summed E-state index contributed by atoms with van der Waals surface area (Å²) >= 11 is 0. The maximum atomic E-state index is 17.0. The van der Waals surface area contributed by atoms with E-state index in [0.29, 0.717) is 74.5 Å². The molecular formula is C77H104F3N3NaO25P. The number of allylic oxidation sites excluding steroid dienone is 12. The second kappa shape index (κ2) is 30.6. The second-order valence-electron chi connectivity index (χ2n) is 34.1. The van der Waals surface area contributed by atoms with Gasteiger partial charge in [-0.15, -0.1) is 0 Å². The van der Waals surface area contributed by atoms with Crippen LogP contribution in [0.4, 0.5) is 19.0 Å². The molecule has 1 aromatic rings. The van der Waals surface area contributed by atoms with Crippen LogP contribution in [0.1, 0.15) is 153 Å². The number of carbonyl (C=O) groups excluding carboxylic acids is 7. The zero-order valence-electron chi connectivity index (χ0n) is 63.7. The second-order valence-corrected chi connectivity index (χ2v) is 35.1. The van der Waals surface area contributed by atoms with Gasteiger partial charge < -0.3 is 86.1 Å². The maximum absolute atomic E-state index is 17.0. The molecule has 13 aliphatic rings. The topological polar surface area (TPSA) is 502 Å². The zero-order chi connectivity index (χ0) is 81.5. The number of esters is 1. The van der Waals surface area contributed by atoms with Crippen molar-refractivity contribution >= 4 is 54.3 Å². The molecule has 0 spiro atoms. The molecule has 1 aromatic heterocycles. The number of ketones is 6. The van der Waals surface area contributed by atoms with Gasteiger partial charge in [0.1, 0.15) is 54.1 Å². The van der Waals surface area contributed by atoms with E-state index in [0.717, 1.165) is 4.57 Å². The summed E-state index contributed by atoms with van der Waals surface area (Å²) in [6, 6.07) is 1.37. The molecule has 604 valence electrons. The number of Topliss-reactive ketones (excluding diaryl/α,β-unsaturated/α-hetero) is 3. The average Bonchev–Trinajstić information content (AvgIpc) is 1.41. The number of phosphoric acid groups is 1. The Morgan fingerprint density at radius 3 is 1.19 bits per heavy atom. The number of anilines is 1.